The molecule has 0 saturated carbocycles. The summed E-state index contributed by atoms with van der Waals surface area (Å²) < 4.78 is 10.3. The largest absolute Gasteiger partial charge is 0.481 e. The zero-order valence-electron chi connectivity index (χ0n) is 14.9. The molecule has 6 nitrogen and oxygen atoms in total. The Bertz CT molecular complexity index is 959. The zero-order chi connectivity index (χ0) is 20.1. The molecule has 0 radical (unpaired) electrons. The van der Waals surface area contributed by atoms with Gasteiger partial charge in [0.1, 0.15) is 5.75 Å². The van der Waals surface area contributed by atoms with E-state index < -0.39 is 17.1 Å². The van der Waals surface area contributed by atoms with Crippen molar-refractivity contribution in [3.05, 3.63) is 64.0 Å². The minimum atomic E-state index is -0.487. The standard InChI is InChI=1S/C20H16ClNO5S/c1-2-26-18(23)12-27-16-9-4-3-6-13(16)10-17-19(24)22(20(25)28-17)15-8-5-7-14(21)11-15/h3-11H,2,12H2,1H3/b17-10+. The van der Waals surface area contributed by atoms with E-state index in [1.807, 2.05) is 0 Å². The van der Waals surface area contributed by atoms with Crippen molar-refractivity contribution in [1.29, 1.82) is 0 Å². The van der Waals surface area contributed by atoms with Crippen LogP contribution in [0.3, 0.4) is 0 Å². The number of imide groups is 1. The Hall–Kier alpha value is -2.77. The van der Waals surface area contributed by atoms with Gasteiger partial charge in [-0.1, -0.05) is 35.9 Å². The predicted molar refractivity (Wildman–Crippen MR) is 108 cm³/mol. The molecule has 3 rings (SSSR count). The summed E-state index contributed by atoms with van der Waals surface area (Å²) in [5.41, 5.74) is 0.980. The summed E-state index contributed by atoms with van der Waals surface area (Å²) in [4.78, 5) is 37.9. The van der Waals surface area contributed by atoms with Crippen LogP contribution in [-0.4, -0.2) is 30.3 Å². The van der Waals surface area contributed by atoms with Gasteiger partial charge in [-0.3, -0.25) is 9.59 Å². The lowest BCUT2D eigenvalue weighted by Gasteiger charge is -2.12. The van der Waals surface area contributed by atoms with Gasteiger partial charge in [-0.15, -0.1) is 0 Å². The van der Waals surface area contributed by atoms with Crippen LogP contribution < -0.4 is 9.64 Å². The number of benzene rings is 2. The van der Waals surface area contributed by atoms with Crippen molar-refractivity contribution in [3.8, 4) is 5.75 Å². The molecule has 0 spiro atoms. The van der Waals surface area contributed by atoms with Crippen LogP contribution in [0.5, 0.6) is 5.75 Å². The topological polar surface area (TPSA) is 72.9 Å². The number of para-hydroxylation sites is 1. The fourth-order valence-corrected chi connectivity index (χ4v) is 3.53. The van der Waals surface area contributed by atoms with Gasteiger partial charge >= 0.3 is 5.97 Å². The number of hydrogen-bond donors (Lipinski definition) is 0. The van der Waals surface area contributed by atoms with E-state index in [0.29, 0.717) is 22.0 Å². The smallest absolute Gasteiger partial charge is 0.344 e. The van der Waals surface area contributed by atoms with Crippen molar-refractivity contribution in [1.82, 2.24) is 0 Å². The molecule has 1 fully saturated rings. The molecule has 1 aliphatic rings. The van der Waals surface area contributed by atoms with Crippen molar-refractivity contribution in [2.24, 2.45) is 0 Å². The summed E-state index contributed by atoms with van der Waals surface area (Å²) in [6, 6.07) is 13.4. The maximum Gasteiger partial charge on any atom is 0.344 e. The minimum absolute atomic E-state index is 0.247. The number of anilines is 1. The number of carbonyl (C=O) groups excluding carboxylic acids is 3. The molecule has 1 saturated heterocycles. The van der Waals surface area contributed by atoms with E-state index in [1.54, 1.807) is 61.5 Å². The highest BCUT2D eigenvalue weighted by atomic mass is 35.5. The second-order valence-electron chi connectivity index (χ2n) is 5.63. The number of amides is 2. The maximum absolute atomic E-state index is 12.8. The molecule has 8 heteroatoms. The van der Waals surface area contributed by atoms with Gasteiger partial charge in [-0.25, -0.2) is 9.69 Å². The first-order valence-electron chi connectivity index (χ1n) is 8.40. The van der Waals surface area contributed by atoms with Crippen molar-refractivity contribution >= 4 is 52.2 Å². The van der Waals surface area contributed by atoms with Crippen LogP contribution in [-0.2, 0) is 14.3 Å². The second-order valence-corrected chi connectivity index (χ2v) is 7.06. The Balaban J connectivity index is 1.83. The van der Waals surface area contributed by atoms with Crippen LogP contribution in [0, 0.1) is 0 Å². The van der Waals surface area contributed by atoms with Gasteiger partial charge in [0.2, 0.25) is 0 Å². The first-order valence-corrected chi connectivity index (χ1v) is 9.60. The van der Waals surface area contributed by atoms with Crippen molar-refractivity contribution < 1.29 is 23.9 Å². The first kappa shape index (κ1) is 20.0. The Morgan fingerprint density at radius 2 is 1.96 bits per heavy atom. The van der Waals surface area contributed by atoms with Crippen LogP contribution in [0.1, 0.15) is 12.5 Å². The van der Waals surface area contributed by atoms with Gasteiger partial charge in [0.15, 0.2) is 6.61 Å². The highest BCUT2D eigenvalue weighted by Gasteiger charge is 2.36. The highest BCUT2D eigenvalue weighted by molar-refractivity contribution is 8.19. The van der Waals surface area contributed by atoms with Crippen molar-refractivity contribution in [2.45, 2.75) is 6.92 Å². The summed E-state index contributed by atoms with van der Waals surface area (Å²) in [5, 5.41) is 0.0154. The van der Waals surface area contributed by atoms with Gasteiger partial charge in [-0.05, 0) is 49.0 Å². The zero-order valence-corrected chi connectivity index (χ0v) is 16.5. The van der Waals surface area contributed by atoms with Gasteiger partial charge < -0.3 is 9.47 Å². The first-order chi connectivity index (χ1) is 13.5. The molecule has 28 heavy (non-hydrogen) atoms. The van der Waals surface area contributed by atoms with E-state index in [4.69, 9.17) is 21.1 Å². The fraction of sp³-hybridized carbons (Fsp3) is 0.150. The van der Waals surface area contributed by atoms with Gasteiger partial charge in [0.05, 0.1) is 17.2 Å². The molecule has 0 N–H and O–H groups in total. The summed E-state index contributed by atoms with van der Waals surface area (Å²) >= 11 is 6.79. The van der Waals surface area contributed by atoms with Crippen LogP contribution in [0.15, 0.2) is 53.4 Å². The lowest BCUT2D eigenvalue weighted by molar-refractivity contribution is -0.145. The Labute approximate surface area is 171 Å². The number of esters is 1. The van der Waals surface area contributed by atoms with E-state index in [9.17, 15) is 14.4 Å². The second kappa shape index (κ2) is 8.95. The average molecular weight is 418 g/mol. The molecular formula is C20H16ClNO5S. The quantitative estimate of drug-likeness (QED) is 0.508. The third-order valence-corrected chi connectivity index (χ3v) is 4.82. The SMILES string of the molecule is CCOC(=O)COc1ccccc1/C=C1/SC(=O)N(c2cccc(Cl)c2)C1=O. The van der Waals surface area contributed by atoms with Crippen molar-refractivity contribution in [3.63, 3.8) is 0 Å². The minimum Gasteiger partial charge on any atom is -0.481 e. The lowest BCUT2D eigenvalue weighted by Crippen LogP contribution is -2.27. The fourth-order valence-electron chi connectivity index (χ4n) is 2.52. The molecule has 2 aromatic carbocycles. The molecule has 0 aliphatic carbocycles. The van der Waals surface area contributed by atoms with Crippen LogP contribution in [0.2, 0.25) is 5.02 Å². The third-order valence-electron chi connectivity index (χ3n) is 3.72. The van der Waals surface area contributed by atoms with E-state index >= 15 is 0 Å². The molecule has 0 atom stereocenters. The number of halogens is 1. The molecule has 1 aliphatic heterocycles. The monoisotopic (exact) mass is 417 g/mol. The van der Waals surface area contributed by atoms with Crippen molar-refractivity contribution in [2.75, 3.05) is 18.1 Å². The molecule has 0 unspecified atom stereocenters. The maximum atomic E-state index is 12.8. The molecule has 2 aromatic rings. The molecular weight excluding hydrogens is 402 g/mol. The molecule has 144 valence electrons. The number of thioether (sulfide) groups is 1. The summed E-state index contributed by atoms with van der Waals surface area (Å²) in [5.74, 6) is -0.527. The van der Waals surface area contributed by atoms with Gasteiger partial charge in [-0.2, -0.15) is 0 Å². The molecule has 1 heterocycles. The Morgan fingerprint density at radius 3 is 2.71 bits per heavy atom. The van der Waals surface area contributed by atoms with Gasteiger partial charge in [0.25, 0.3) is 11.1 Å². The number of carbonyl (C=O) groups is 3. The van der Waals surface area contributed by atoms with E-state index in [0.717, 1.165) is 16.7 Å². The highest BCUT2D eigenvalue weighted by Crippen LogP contribution is 2.37. The summed E-state index contributed by atoms with van der Waals surface area (Å²) in [6.45, 7) is 1.73. The number of ether oxygens (including phenoxy) is 2. The molecule has 0 aromatic heterocycles. The van der Waals surface area contributed by atoms with Crippen LogP contribution in [0.4, 0.5) is 10.5 Å². The average Bonchev–Trinajstić information content (AvgIpc) is 2.94. The van der Waals surface area contributed by atoms with Crippen LogP contribution in [0.25, 0.3) is 6.08 Å². The lowest BCUT2D eigenvalue weighted by atomic mass is 10.2. The third kappa shape index (κ3) is 4.55. The van der Waals surface area contributed by atoms with E-state index in [2.05, 4.69) is 0 Å². The number of hydrogen-bond acceptors (Lipinski definition) is 6. The normalized spacial score (nSPS) is 15.2. The number of nitrogens with zero attached hydrogens (tertiary/aromatic N) is 1. The molecule has 0 bridgehead atoms. The predicted octanol–water partition coefficient (Wildman–Crippen LogP) is 4.52. The molecule has 2 amide bonds. The summed E-state index contributed by atoms with van der Waals surface area (Å²) in [7, 11) is 0. The van der Waals surface area contributed by atoms with Crippen LogP contribution >= 0.6 is 23.4 Å². The Morgan fingerprint density at radius 1 is 1.18 bits per heavy atom. The van der Waals surface area contributed by atoms with E-state index in [-0.39, 0.29) is 18.1 Å². The summed E-state index contributed by atoms with van der Waals surface area (Å²) in [6.07, 6.45) is 1.57. The Kier molecular flexibility index (Phi) is 6.38. The number of rotatable bonds is 6. The van der Waals surface area contributed by atoms with E-state index in [1.165, 1.54) is 0 Å². The van der Waals surface area contributed by atoms with Gasteiger partial charge in [0, 0.05) is 10.6 Å².